The molecule has 0 aliphatic heterocycles. The number of carbonyl (C=O) groups is 1. The quantitative estimate of drug-likeness (QED) is 0.856. The van der Waals surface area contributed by atoms with Crippen LogP contribution in [0, 0.1) is 0 Å². The second-order valence-electron chi connectivity index (χ2n) is 3.49. The second-order valence-corrected chi connectivity index (χ2v) is 3.49. The molecule has 0 saturated heterocycles. The standard InChI is InChI=1S/C12H12F3N3O/c1-3-5-6-8(4-2)18-10(12(13,14)15)9(7-17-18)11(16)19/h3-7H,1H2,2H3,(H2,16,19)/b6-5-,8-4+. The van der Waals surface area contributed by atoms with Gasteiger partial charge in [-0.25, -0.2) is 4.68 Å². The molecule has 1 aromatic rings. The van der Waals surface area contributed by atoms with Crippen molar-refractivity contribution in [2.75, 3.05) is 0 Å². The Balaban J connectivity index is 3.48. The summed E-state index contributed by atoms with van der Waals surface area (Å²) in [7, 11) is 0. The van der Waals surface area contributed by atoms with E-state index in [0.29, 0.717) is 4.68 Å². The van der Waals surface area contributed by atoms with Crippen LogP contribution in [0.25, 0.3) is 5.70 Å². The lowest BCUT2D eigenvalue weighted by Gasteiger charge is -2.12. The molecule has 2 N–H and O–H groups in total. The molecule has 0 bridgehead atoms. The average Bonchev–Trinajstić information content (AvgIpc) is 2.74. The van der Waals surface area contributed by atoms with Gasteiger partial charge in [-0.1, -0.05) is 24.8 Å². The first-order chi connectivity index (χ1) is 8.82. The van der Waals surface area contributed by atoms with Gasteiger partial charge in [-0.05, 0) is 13.0 Å². The highest BCUT2D eigenvalue weighted by molar-refractivity contribution is 5.94. The second kappa shape index (κ2) is 5.55. The van der Waals surface area contributed by atoms with Crippen molar-refractivity contribution in [2.24, 2.45) is 5.73 Å². The van der Waals surface area contributed by atoms with E-state index in [9.17, 15) is 18.0 Å². The number of alkyl halides is 3. The third-order valence-corrected chi connectivity index (χ3v) is 2.25. The summed E-state index contributed by atoms with van der Waals surface area (Å²) in [6.07, 6.45) is 1.75. The fourth-order valence-electron chi connectivity index (χ4n) is 1.45. The van der Waals surface area contributed by atoms with Gasteiger partial charge >= 0.3 is 6.18 Å². The van der Waals surface area contributed by atoms with Gasteiger partial charge in [-0.3, -0.25) is 4.79 Å². The third-order valence-electron chi connectivity index (χ3n) is 2.25. The molecule has 0 aliphatic carbocycles. The van der Waals surface area contributed by atoms with Crippen LogP contribution in [0.15, 0.2) is 37.1 Å². The van der Waals surface area contributed by atoms with E-state index in [2.05, 4.69) is 11.7 Å². The first-order valence-corrected chi connectivity index (χ1v) is 5.23. The fraction of sp³-hybridized carbons (Fsp3) is 0.167. The molecule has 0 saturated carbocycles. The predicted molar refractivity (Wildman–Crippen MR) is 65.0 cm³/mol. The highest BCUT2D eigenvalue weighted by atomic mass is 19.4. The van der Waals surface area contributed by atoms with Crippen LogP contribution in [0.1, 0.15) is 23.0 Å². The van der Waals surface area contributed by atoms with Crippen LogP contribution in [0.4, 0.5) is 13.2 Å². The number of nitrogens with zero attached hydrogens (tertiary/aromatic N) is 2. The highest BCUT2D eigenvalue weighted by Crippen LogP contribution is 2.33. The smallest absolute Gasteiger partial charge is 0.365 e. The van der Waals surface area contributed by atoms with E-state index in [1.165, 1.54) is 24.3 Å². The summed E-state index contributed by atoms with van der Waals surface area (Å²) < 4.78 is 39.6. The molecule has 102 valence electrons. The van der Waals surface area contributed by atoms with E-state index in [4.69, 9.17) is 5.73 Å². The minimum Gasteiger partial charge on any atom is -0.365 e. The monoisotopic (exact) mass is 271 g/mol. The Morgan fingerprint density at radius 2 is 2.16 bits per heavy atom. The molecule has 0 spiro atoms. The Labute approximate surface area is 107 Å². The summed E-state index contributed by atoms with van der Waals surface area (Å²) in [6, 6.07) is 0. The first kappa shape index (κ1) is 14.7. The molecule has 19 heavy (non-hydrogen) atoms. The lowest BCUT2D eigenvalue weighted by atomic mass is 10.2. The van der Waals surface area contributed by atoms with Crippen molar-refractivity contribution in [1.29, 1.82) is 0 Å². The van der Waals surface area contributed by atoms with Gasteiger partial charge < -0.3 is 5.73 Å². The largest absolute Gasteiger partial charge is 0.434 e. The first-order valence-electron chi connectivity index (χ1n) is 5.23. The van der Waals surface area contributed by atoms with Gasteiger partial charge in [-0.15, -0.1) is 0 Å². The molecular weight excluding hydrogens is 259 g/mol. The number of hydrogen-bond donors (Lipinski definition) is 1. The normalized spacial score (nSPS) is 12.9. The Hall–Kier alpha value is -2.31. The molecule has 0 fully saturated rings. The lowest BCUT2D eigenvalue weighted by molar-refractivity contribution is -0.142. The van der Waals surface area contributed by atoms with Gasteiger partial charge in [0.1, 0.15) is 0 Å². The summed E-state index contributed by atoms with van der Waals surface area (Å²) in [5.41, 5.74) is 3.21. The molecule has 1 aromatic heterocycles. The maximum absolute atomic E-state index is 13.0. The van der Waals surface area contributed by atoms with Crippen LogP contribution in [-0.2, 0) is 6.18 Å². The molecule has 1 amide bonds. The summed E-state index contributed by atoms with van der Waals surface area (Å²) in [4.78, 5) is 11.0. The summed E-state index contributed by atoms with van der Waals surface area (Å²) in [5.74, 6) is -1.18. The Morgan fingerprint density at radius 3 is 2.58 bits per heavy atom. The zero-order valence-corrected chi connectivity index (χ0v) is 10.1. The molecule has 0 aliphatic rings. The molecule has 7 heteroatoms. The van der Waals surface area contributed by atoms with Gasteiger partial charge in [0.05, 0.1) is 17.5 Å². The SMILES string of the molecule is C=C/C=C\C(=C/C)n1ncc(C(N)=O)c1C(F)(F)F. The van der Waals surface area contributed by atoms with E-state index in [1.807, 2.05) is 0 Å². The number of nitrogens with two attached hydrogens (primary N) is 1. The van der Waals surface area contributed by atoms with Crippen LogP contribution in [0.2, 0.25) is 0 Å². The topological polar surface area (TPSA) is 60.9 Å². The number of amides is 1. The minimum atomic E-state index is -4.74. The molecule has 1 heterocycles. The van der Waals surface area contributed by atoms with Crippen LogP contribution in [0.3, 0.4) is 0 Å². The van der Waals surface area contributed by atoms with Crippen molar-refractivity contribution in [1.82, 2.24) is 9.78 Å². The van der Waals surface area contributed by atoms with Gasteiger partial charge in [0.2, 0.25) is 0 Å². The van der Waals surface area contributed by atoms with Crippen molar-refractivity contribution < 1.29 is 18.0 Å². The number of aromatic nitrogens is 2. The summed E-state index contributed by atoms with van der Waals surface area (Å²) in [6.45, 7) is 4.98. The molecule has 0 unspecified atom stereocenters. The van der Waals surface area contributed by atoms with Crippen molar-refractivity contribution in [3.8, 4) is 0 Å². The maximum atomic E-state index is 13.0. The lowest BCUT2D eigenvalue weighted by Crippen LogP contribution is -2.21. The fourth-order valence-corrected chi connectivity index (χ4v) is 1.45. The zero-order valence-electron chi connectivity index (χ0n) is 10.1. The Kier molecular flexibility index (Phi) is 4.31. The molecule has 4 nitrogen and oxygen atoms in total. The van der Waals surface area contributed by atoms with Crippen LogP contribution < -0.4 is 5.73 Å². The van der Waals surface area contributed by atoms with Crippen LogP contribution in [-0.4, -0.2) is 15.7 Å². The van der Waals surface area contributed by atoms with Gasteiger partial charge in [0.25, 0.3) is 5.91 Å². The van der Waals surface area contributed by atoms with Crippen molar-refractivity contribution >= 4 is 11.6 Å². The van der Waals surface area contributed by atoms with E-state index in [-0.39, 0.29) is 5.70 Å². The number of primary amides is 1. The van der Waals surface area contributed by atoms with Crippen LogP contribution in [0.5, 0.6) is 0 Å². The van der Waals surface area contributed by atoms with Gasteiger partial charge in [0, 0.05) is 0 Å². The highest BCUT2D eigenvalue weighted by Gasteiger charge is 2.40. The van der Waals surface area contributed by atoms with Crippen molar-refractivity contribution in [3.05, 3.63) is 48.3 Å². The number of halogens is 3. The van der Waals surface area contributed by atoms with E-state index in [1.54, 1.807) is 6.92 Å². The molecule has 0 radical (unpaired) electrons. The molecule has 0 atom stereocenters. The minimum absolute atomic E-state index is 0.153. The van der Waals surface area contributed by atoms with Gasteiger partial charge in [0.15, 0.2) is 5.69 Å². The van der Waals surface area contributed by atoms with E-state index in [0.717, 1.165) is 6.20 Å². The zero-order chi connectivity index (χ0) is 14.6. The van der Waals surface area contributed by atoms with Crippen molar-refractivity contribution in [3.63, 3.8) is 0 Å². The summed E-state index contributed by atoms with van der Waals surface area (Å²) in [5, 5.41) is 3.57. The average molecular weight is 271 g/mol. The Bertz CT molecular complexity index is 553. The number of rotatable bonds is 4. The Morgan fingerprint density at radius 1 is 1.53 bits per heavy atom. The molecule has 1 rings (SSSR count). The number of carbonyl (C=O) groups excluding carboxylic acids is 1. The maximum Gasteiger partial charge on any atom is 0.434 e. The van der Waals surface area contributed by atoms with E-state index >= 15 is 0 Å². The molecule has 0 aromatic carbocycles. The summed E-state index contributed by atoms with van der Waals surface area (Å²) >= 11 is 0. The number of allylic oxidation sites excluding steroid dienone is 5. The van der Waals surface area contributed by atoms with Gasteiger partial charge in [-0.2, -0.15) is 18.3 Å². The number of hydrogen-bond acceptors (Lipinski definition) is 2. The predicted octanol–water partition coefficient (Wildman–Crippen LogP) is 2.60. The van der Waals surface area contributed by atoms with Crippen LogP contribution >= 0.6 is 0 Å². The van der Waals surface area contributed by atoms with E-state index < -0.39 is 23.3 Å². The van der Waals surface area contributed by atoms with Crippen molar-refractivity contribution in [2.45, 2.75) is 13.1 Å². The third kappa shape index (κ3) is 3.12. The molecular formula is C12H12F3N3O.